The highest BCUT2D eigenvalue weighted by molar-refractivity contribution is 5.77. The minimum Gasteiger partial charge on any atom is -0.333 e. The van der Waals surface area contributed by atoms with Gasteiger partial charge in [0.05, 0.1) is 12.1 Å². The molecule has 9 aliphatic rings. The highest BCUT2D eigenvalue weighted by Gasteiger charge is 2.53. The molecule has 34 heavy (non-hydrogen) atoms. The minimum absolute atomic E-state index is 0.00198. The summed E-state index contributed by atoms with van der Waals surface area (Å²) >= 11 is 0. The van der Waals surface area contributed by atoms with Crippen LogP contribution in [0.1, 0.15) is 103 Å². The molecule has 188 valence electrons. The van der Waals surface area contributed by atoms with E-state index in [-0.39, 0.29) is 35.2 Å². The summed E-state index contributed by atoms with van der Waals surface area (Å²) in [6, 6.07) is 0.0684. The van der Waals surface area contributed by atoms with Crippen molar-refractivity contribution in [2.24, 2.45) is 35.5 Å². The Morgan fingerprint density at radius 1 is 0.500 bits per heavy atom. The van der Waals surface area contributed by atoms with Crippen LogP contribution in [-0.4, -0.2) is 35.2 Å². The summed E-state index contributed by atoms with van der Waals surface area (Å²) in [5.41, 5.74) is 0.0681. The Labute approximate surface area is 204 Å². The van der Waals surface area contributed by atoms with Gasteiger partial charge >= 0.3 is 12.1 Å². The van der Waals surface area contributed by atoms with Crippen LogP contribution in [-0.2, 0) is 0 Å². The normalized spacial score (nSPS) is 50.1. The fourth-order valence-electron chi connectivity index (χ4n) is 10.9. The van der Waals surface area contributed by atoms with E-state index in [1.165, 1.54) is 77.0 Å². The van der Waals surface area contributed by atoms with Gasteiger partial charge in [-0.15, -0.1) is 0 Å². The molecule has 0 spiro atoms. The van der Waals surface area contributed by atoms with Gasteiger partial charge in [-0.1, -0.05) is 12.8 Å². The molecular formula is C28H44N4O2. The van der Waals surface area contributed by atoms with Crippen LogP contribution in [0, 0.1) is 35.5 Å². The molecule has 0 saturated heterocycles. The van der Waals surface area contributed by atoms with Crippen LogP contribution in [0.15, 0.2) is 0 Å². The number of hydrogen-bond acceptors (Lipinski definition) is 2. The van der Waals surface area contributed by atoms with E-state index in [4.69, 9.17) is 0 Å². The van der Waals surface area contributed by atoms with Crippen LogP contribution in [0.25, 0.3) is 0 Å². The van der Waals surface area contributed by atoms with Gasteiger partial charge in [-0.3, -0.25) is 0 Å². The summed E-state index contributed by atoms with van der Waals surface area (Å²) in [5, 5.41) is 13.6. The van der Waals surface area contributed by atoms with Crippen LogP contribution in [0.3, 0.4) is 0 Å². The lowest BCUT2D eigenvalue weighted by Gasteiger charge is -2.57. The third kappa shape index (κ3) is 4.01. The second-order valence-corrected chi connectivity index (χ2v) is 14.1. The van der Waals surface area contributed by atoms with Gasteiger partial charge in [0, 0.05) is 11.1 Å². The zero-order chi connectivity index (χ0) is 22.9. The van der Waals surface area contributed by atoms with E-state index in [9.17, 15) is 9.59 Å². The van der Waals surface area contributed by atoms with Crippen molar-refractivity contribution in [3.63, 3.8) is 0 Å². The maximum Gasteiger partial charge on any atom is 0.315 e. The van der Waals surface area contributed by atoms with Gasteiger partial charge in [-0.2, -0.15) is 0 Å². The quantitative estimate of drug-likeness (QED) is 0.476. The number of carbonyl (C=O) groups is 2. The molecule has 9 saturated carbocycles. The van der Waals surface area contributed by atoms with Crippen LogP contribution in [0.5, 0.6) is 0 Å². The second kappa shape index (κ2) is 8.03. The van der Waals surface area contributed by atoms with E-state index >= 15 is 0 Å². The largest absolute Gasteiger partial charge is 0.333 e. The predicted octanol–water partition coefficient (Wildman–Crippen LogP) is 4.83. The Morgan fingerprint density at radius 3 is 1.09 bits per heavy atom. The van der Waals surface area contributed by atoms with Gasteiger partial charge in [-0.05, 0) is 125 Å². The van der Waals surface area contributed by atoms with Crippen LogP contribution < -0.4 is 21.3 Å². The number of rotatable bonds is 4. The van der Waals surface area contributed by atoms with Crippen molar-refractivity contribution in [2.75, 3.05) is 0 Å². The molecule has 0 aromatic rings. The smallest absolute Gasteiger partial charge is 0.315 e. The second-order valence-electron chi connectivity index (χ2n) is 14.1. The first-order valence-electron chi connectivity index (χ1n) is 14.6. The number of urea groups is 2. The summed E-state index contributed by atoms with van der Waals surface area (Å²) in [6.07, 6.45) is 19.5. The fourth-order valence-corrected chi connectivity index (χ4v) is 10.9. The Balaban J connectivity index is 0.961. The van der Waals surface area contributed by atoms with Crippen LogP contribution in [0.4, 0.5) is 9.59 Å². The Bertz CT molecular complexity index is 702. The summed E-state index contributed by atoms with van der Waals surface area (Å²) in [7, 11) is 0. The van der Waals surface area contributed by atoms with Gasteiger partial charge in [-0.25, -0.2) is 9.59 Å². The molecule has 0 aliphatic heterocycles. The number of carbonyl (C=O) groups excluding carboxylic acids is 2. The van der Waals surface area contributed by atoms with E-state index in [1.54, 1.807) is 0 Å². The van der Waals surface area contributed by atoms with E-state index in [2.05, 4.69) is 21.3 Å². The van der Waals surface area contributed by atoms with Crippen molar-refractivity contribution in [3.05, 3.63) is 0 Å². The molecule has 6 heteroatoms. The van der Waals surface area contributed by atoms with Gasteiger partial charge < -0.3 is 21.3 Å². The first-order valence-corrected chi connectivity index (χ1v) is 14.6. The lowest BCUT2D eigenvalue weighted by molar-refractivity contribution is -0.0145. The molecule has 6 nitrogen and oxygen atoms in total. The van der Waals surface area contributed by atoms with Crippen LogP contribution in [0.2, 0.25) is 0 Å². The van der Waals surface area contributed by atoms with E-state index < -0.39 is 0 Å². The van der Waals surface area contributed by atoms with Crippen molar-refractivity contribution >= 4 is 12.1 Å². The predicted molar refractivity (Wildman–Crippen MR) is 131 cm³/mol. The van der Waals surface area contributed by atoms with Crippen molar-refractivity contribution < 1.29 is 9.59 Å². The zero-order valence-corrected chi connectivity index (χ0v) is 20.7. The standard InChI is InChI=1S/C28H44N4O2/c33-25(31-27-11-17-5-18(12-27)7-19(6-17)13-27)29-23-3-1-2-4-24(23)30-26(34)32-28-14-20-8-21(15-28)10-22(9-20)16-28/h17-24H,1-16H2,(H2,29,31,33)(H2,30,32,34)/t17?,18?,19?,20?,21?,22?,23-,24+,27?,28?. The SMILES string of the molecule is O=C(N[C@H]1CCCC[C@H]1NC(=O)NC12CC3CC(CC(C3)C1)C2)NC12CC3CC(CC(C3)C1)C2. The molecule has 9 fully saturated rings. The first kappa shape index (κ1) is 21.8. The molecule has 8 bridgehead atoms. The monoisotopic (exact) mass is 468 g/mol. The van der Waals surface area contributed by atoms with Gasteiger partial charge in [0.2, 0.25) is 0 Å². The molecule has 0 heterocycles. The van der Waals surface area contributed by atoms with Gasteiger partial charge in [0.25, 0.3) is 0 Å². The van der Waals surface area contributed by atoms with Crippen molar-refractivity contribution in [1.29, 1.82) is 0 Å². The summed E-state index contributed by atoms with van der Waals surface area (Å²) in [6.45, 7) is 0. The Kier molecular flexibility index (Phi) is 5.14. The molecule has 9 aliphatic carbocycles. The molecule has 9 rings (SSSR count). The van der Waals surface area contributed by atoms with Crippen LogP contribution >= 0.6 is 0 Å². The molecule has 0 aromatic carbocycles. The maximum atomic E-state index is 13.2. The van der Waals surface area contributed by atoms with Crippen molar-refractivity contribution in [2.45, 2.75) is 126 Å². The molecule has 2 atom stereocenters. The average molecular weight is 469 g/mol. The van der Waals surface area contributed by atoms with Crippen molar-refractivity contribution in [3.8, 4) is 0 Å². The summed E-state index contributed by atoms with van der Waals surface area (Å²) < 4.78 is 0. The molecule has 4 amide bonds. The third-order valence-electron chi connectivity index (χ3n) is 11.2. The topological polar surface area (TPSA) is 82.3 Å². The lowest BCUT2D eigenvalue weighted by Crippen LogP contribution is -2.65. The fraction of sp³-hybridized carbons (Fsp3) is 0.929. The maximum absolute atomic E-state index is 13.2. The zero-order valence-electron chi connectivity index (χ0n) is 20.7. The van der Waals surface area contributed by atoms with E-state index in [0.29, 0.717) is 0 Å². The van der Waals surface area contributed by atoms with Crippen molar-refractivity contribution in [1.82, 2.24) is 21.3 Å². The molecule has 0 aromatic heterocycles. The summed E-state index contributed by atoms with van der Waals surface area (Å²) in [4.78, 5) is 26.4. The first-order chi connectivity index (χ1) is 16.4. The molecule has 0 radical (unpaired) electrons. The number of hydrogen-bond donors (Lipinski definition) is 4. The van der Waals surface area contributed by atoms with E-state index in [1.807, 2.05) is 0 Å². The van der Waals surface area contributed by atoms with E-state index in [0.717, 1.165) is 61.2 Å². The molecule has 4 N–H and O–H groups in total. The molecular weight excluding hydrogens is 424 g/mol. The summed E-state index contributed by atoms with van der Waals surface area (Å²) in [5.74, 6) is 4.94. The Hall–Kier alpha value is -1.46. The number of amides is 4. The highest BCUT2D eigenvalue weighted by atomic mass is 16.2. The molecule has 0 unspecified atom stereocenters. The third-order valence-corrected chi connectivity index (χ3v) is 11.2. The number of nitrogens with one attached hydrogen (secondary N) is 4. The lowest BCUT2D eigenvalue weighted by atomic mass is 9.53. The van der Waals surface area contributed by atoms with Gasteiger partial charge in [0.15, 0.2) is 0 Å². The van der Waals surface area contributed by atoms with Gasteiger partial charge in [0.1, 0.15) is 0 Å². The minimum atomic E-state index is 0.00198. The highest BCUT2D eigenvalue weighted by Crippen LogP contribution is 2.56. The Morgan fingerprint density at radius 2 is 0.794 bits per heavy atom. The average Bonchev–Trinajstić information content (AvgIpc) is 2.72.